The maximum absolute atomic E-state index is 11.2. The second-order valence-corrected chi connectivity index (χ2v) is 4.27. The average Bonchev–Trinajstić information content (AvgIpc) is 2.39. The summed E-state index contributed by atoms with van der Waals surface area (Å²) in [6.07, 6.45) is 2.13. The van der Waals surface area contributed by atoms with E-state index in [1.165, 1.54) is 11.8 Å². The summed E-state index contributed by atoms with van der Waals surface area (Å²) in [5, 5.41) is 3.12. The van der Waals surface area contributed by atoms with E-state index in [-0.39, 0.29) is 10.8 Å². The van der Waals surface area contributed by atoms with Gasteiger partial charge in [0.15, 0.2) is 0 Å². The van der Waals surface area contributed by atoms with Crippen LogP contribution in [0.1, 0.15) is 15.9 Å². The number of hydrogen-bond donors (Lipinski definition) is 2. The quantitative estimate of drug-likeness (QED) is 0.817. The molecule has 0 aliphatic rings. The van der Waals surface area contributed by atoms with Crippen molar-refractivity contribution in [3.05, 3.63) is 52.9 Å². The van der Waals surface area contributed by atoms with Crippen LogP contribution in [0.15, 0.2) is 36.5 Å². The van der Waals surface area contributed by atoms with Gasteiger partial charge < -0.3 is 11.1 Å². The van der Waals surface area contributed by atoms with Gasteiger partial charge in [0.2, 0.25) is 5.28 Å². The van der Waals surface area contributed by atoms with Crippen LogP contribution in [0.2, 0.25) is 5.28 Å². The molecule has 0 atom stereocenters. The van der Waals surface area contributed by atoms with Gasteiger partial charge in [0.25, 0.3) is 5.91 Å². The zero-order valence-electron chi connectivity index (χ0n) is 10.1. The molecule has 1 amide bonds. The largest absolute Gasteiger partial charge is 0.369 e. The normalized spacial score (nSPS) is 10.2. The van der Waals surface area contributed by atoms with Crippen LogP contribution in [0, 0.1) is 0 Å². The Morgan fingerprint density at radius 2 is 2.05 bits per heavy atom. The number of halogens is 1. The summed E-state index contributed by atoms with van der Waals surface area (Å²) in [6.45, 7) is 0.623. The number of nitrogens with zero attached hydrogens (tertiary/aromatic N) is 2. The van der Waals surface area contributed by atoms with Gasteiger partial charge in [-0.1, -0.05) is 30.3 Å². The molecule has 6 heteroatoms. The second-order valence-electron chi connectivity index (χ2n) is 3.93. The van der Waals surface area contributed by atoms with Gasteiger partial charge >= 0.3 is 0 Å². The molecule has 5 nitrogen and oxygen atoms in total. The van der Waals surface area contributed by atoms with Crippen molar-refractivity contribution in [1.82, 2.24) is 9.97 Å². The minimum absolute atomic E-state index is 0.0761. The molecule has 2 rings (SSSR count). The molecule has 0 unspecified atom stereocenters. The lowest BCUT2D eigenvalue weighted by atomic mass is 10.1. The highest BCUT2D eigenvalue weighted by Crippen LogP contribution is 2.13. The molecule has 3 N–H and O–H groups in total. The monoisotopic (exact) mass is 276 g/mol. The molecule has 0 fully saturated rings. The van der Waals surface area contributed by atoms with Crippen LogP contribution in [-0.2, 0) is 6.42 Å². The third-order valence-corrected chi connectivity index (χ3v) is 2.76. The number of hydrogen-bond acceptors (Lipinski definition) is 4. The zero-order valence-corrected chi connectivity index (χ0v) is 10.9. The fraction of sp³-hybridized carbons (Fsp3) is 0.154. The Morgan fingerprint density at radius 3 is 2.74 bits per heavy atom. The minimum atomic E-state index is -0.584. The smallest absolute Gasteiger partial charge is 0.254 e. The summed E-state index contributed by atoms with van der Waals surface area (Å²) in [5.41, 5.74) is 6.67. The standard InChI is InChI=1S/C13H13ClN4O/c14-13-17-8-10(11(15)19)12(18-13)16-7-6-9-4-2-1-3-5-9/h1-5,8H,6-7H2,(H2,15,19)(H,16,17,18). The molecular weight excluding hydrogens is 264 g/mol. The van der Waals surface area contributed by atoms with E-state index < -0.39 is 5.91 Å². The molecule has 1 aromatic carbocycles. The Kier molecular flexibility index (Phi) is 4.30. The molecule has 0 saturated heterocycles. The van der Waals surface area contributed by atoms with Crippen LogP contribution in [0.3, 0.4) is 0 Å². The molecule has 1 heterocycles. The molecule has 0 aliphatic heterocycles. The highest BCUT2D eigenvalue weighted by atomic mass is 35.5. The lowest BCUT2D eigenvalue weighted by Crippen LogP contribution is -2.17. The molecule has 2 aromatic rings. The van der Waals surface area contributed by atoms with Crippen molar-refractivity contribution in [1.29, 1.82) is 0 Å². The molecular formula is C13H13ClN4O. The Morgan fingerprint density at radius 1 is 1.32 bits per heavy atom. The lowest BCUT2D eigenvalue weighted by molar-refractivity contribution is 0.100. The van der Waals surface area contributed by atoms with E-state index in [1.807, 2.05) is 30.3 Å². The van der Waals surface area contributed by atoms with E-state index in [0.717, 1.165) is 6.42 Å². The maximum atomic E-state index is 11.2. The fourth-order valence-electron chi connectivity index (χ4n) is 1.65. The van der Waals surface area contributed by atoms with E-state index in [4.69, 9.17) is 17.3 Å². The Bertz CT molecular complexity index is 574. The van der Waals surface area contributed by atoms with Gasteiger partial charge in [0, 0.05) is 12.7 Å². The first-order valence-corrected chi connectivity index (χ1v) is 6.15. The first kappa shape index (κ1) is 13.3. The molecule has 0 aliphatic carbocycles. The molecule has 0 bridgehead atoms. The SMILES string of the molecule is NC(=O)c1cnc(Cl)nc1NCCc1ccccc1. The molecule has 19 heavy (non-hydrogen) atoms. The third kappa shape index (κ3) is 3.66. The maximum Gasteiger partial charge on any atom is 0.254 e. The summed E-state index contributed by atoms with van der Waals surface area (Å²) in [4.78, 5) is 18.9. The van der Waals surface area contributed by atoms with Gasteiger partial charge in [-0.2, -0.15) is 4.98 Å². The zero-order chi connectivity index (χ0) is 13.7. The summed E-state index contributed by atoms with van der Waals surface area (Å²) in [7, 11) is 0. The predicted molar refractivity (Wildman–Crippen MR) is 74.2 cm³/mol. The Labute approximate surface area is 115 Å². The minimum Gasteiger partial charge on any atom is -0.369 e. The van der Waals surface area contributed by atoms with Crippen LogP contribution in [-0.4, -0.2) is 22.4 Å². The van der Waals surface area contributed by atoms with E-state index in [2.05, 4.69) is 15.3 Å². The van der Waals surface area contributed by atoms with Gasteiger partial charge in [-0.15, -0.1) is 0 Å². The van der Waals surface area contributed by atoms with Gasteiger partial charge in [-0.25, -0.2) is 4.98 Å². The van der Waals surface area contributed by atoms with Gasteiger partial charge in [0.05, 0.1) is 5.56 Å². The Hall–Kier alpha value is -2.14. The van der Waals surface area contributed by atoms with Gasteiger partial charge in [-0.3, -0.25) is 4.79 Å². The van der Waals surface area contributed by atoms with E-state index >= 15 is 0 Å². The van der Waals surface area contributed by atoms with Crippen molar-refractivity contribution in [2.75, 3.05) is 11.9 Å². The summed E-state index contributed by atoms with van der Waals surface area (Å²) < 4.78 is 0. The molecule has 0 radical (unpaired) electrons. The van der Waals surface area contributed by atoms with Crippen molar-refractivity contribution < 1.29 is 4.79 Å². The average molecular weight is 277 g/mol. The van der Waals surface area contributed by atoms with Crippen molar-refractivity contribution in [2.45, 2.75) is 6.42 Å². The van der Waals surface area contributed by atoms with E-state index in [1.54, 1.807) is 0 Å². The number of amides is 1. The van der Waals surface area contributed by atoms with E-state index in [9.17, 15) is 4.79 Å². The van der Waals surface area contributed by atoms with Crippen molar-refractivity contribution >= 4 is 23.3 Å². The number of rotatable bonds is 5. The number of aromatic nitrogens is 2. The highest BCUT2D eigenvalue weighted by molar-refractivity contribution is 6.28. The van der Waals surface area contributed by atoms with Gasteiger partial charge in [-0.05, 0) is 23.6 Å². The fourth-order valence-corrected chi connectivity index (χ4v) is 1.78. The topological polar surface area (TPSA) is 80.9 Å². The second kappa shape index (κ2) is 6.15. The highest BCUT2D eigenvalue weighted by Gasteiger charge is 2.10. The van der Waals surface area contributed by atoms with Crippen molar-refractivity contribution in [2.24, 2.45) is 5.73 Å². The molecule has 0 saturated carbocycles. The predicted octanol–water partition coefficient (Wildman–Crippen LogP) is 1.88. The lowest BCUT2D eigenvalue weighted by Gasteiger charge is -2.08. The van der Waals surface area contributed by atoms with Crippen molar-refractivity contribution in [3.63, 3.8) is 0 Å². The molecule has 1 aromatic heterocycles. The van der Waals surface area contributed by atoms with Crippen LogP contribution in [0.25, 0.3) is 0 Å². The van der Waals surface area contributed by atoms with Gasteiger partial charge in [0.1, 0.15) is 5.82 Å². The van der Waals surface area contributed by atoms with Crippen LogP contribution in [0.4, 0.5) is 5.82 Å². The number of carbonyl (C=O) groups is 1. The number of primary amides is 1. The number of nitrogens with two attached hydrogens (primary N) is 1. The molecule has 98 valence electrons. The van der Waals surface area contributed by atoms with Crippen molar-refractivity contribution in [3.8, 4) is 0 Å². The van der Waals surface area contributed by atoms with Crippen LogP contribution >= 0.6 is 11.6 Å². The number of anilines is 1. The van der Waals surface area contributed by atoms with E-state index in [0.29, 0.717) is 12.4 Å². The first-order valence-electron chi connectivity index (χ1n) is 5.77. The number of benzene rings is 1. The molecule has 0 spiro atoms. The Balaban J connectivity index is 2.03. The summed E-state index contributed by atoms with van der Waals surface area (Å²) >= 11 is 5.70. The first-order chi connectivity index (χ1) is 9.16. The summed E-state index contributed by atoms with van der Waals surface area (Å²) in [6, 6.07) is 9.98. The number of carbonyl (C=O) groups excluding carboxylic acids is 1. The summed E-state index contributed by atoms with van der Waals surface area (Å²) in [5.74, 6) is -0.220. The number of nitrogens with one attached hydrogen (secondary N) is 1. The van der Waals surface area contributed by atoms with Crippen LogP contribution in [0.5, 0.6) is 0 Å². The third-order valence-electron chi connectivity index (χ3n) is 2.57. The van der Waals surface area contributed by atoms with Crippen LogP contribution < -0.4 is 11.1 Å².